The first-order chi connectivity index (χ1) is 12.1. The molecule has 0 aliphatic carbocycles. The van der Waals surface area contributed by atoms with Crippen LogP contribution in [0, 0.1) is 5.82 Å². The van der Waals surface area contributed by atoms with Gasteiger partial charge in [-0.1, -0.05) is 23.9 Å². The normalized spacial score (nSPS) is 17.0. The zero-order valence-electron chi connectivity index (χ0n) is 13.0. The SMILES string of the molecule is O=C1OCC[C@@H]1Sc1nc2ccccc2c(=O)n1-c1ccc(F)cc1. The Hall–Kier alpha value is -2.67. The number of fused-ring (bicyclic) bond motifs is 1. The van der Waals surface area contributed by atoms with Crippen molar-refractivity contribution in [3.8, 4) is 5.69 Å². The number of carbonyl (C=O) groups excluding carboxylic acids is 1. The topological polar surface area (TPSA) is 61.2 Å². The summed E-state index contributed by atoms with van der Waals surface area (Å²) in [6.07, 6.45) is 0.565. The van der Waals surface area contributed by atoms with Gasteiger partial charge in [0.15, 0.2) is 5.16 Å². The van der Waals surface area contributed by atoms with Crippen molar-refractivity contribution in [2.45, 2.75) is 16.8 Å². The zero-order valence-corrected chi connectivity index (χ0v) is 13.8. The summed E-state index contributed by atoms with van der Waals surface area (Å²) in [5.74, 6) is -0.697. The van der Waals surface area contributed by atoms with Crippen LogP contribution in [0.2, 0.25) is 0 Å². The van der Waals surface area contributed by atoms with E-state index < -0.39 is 5.25 Å². The van der Waals surface area contributed by atoms with E-state index in [1.807, 2.05) is 0 Å². The number of ether oxygens (including phenoxy) is 1. The van der Waals surface area contributed by atoms with Crippen molar-refractivity contribution < 1.29 is 13.9 Å². The van der Waals surface area contributed by atoms with E-state index in [9.17, 15) is 14.0 Å². The van der Waals surface area contributed by atoms with Crippen LogP contribution in [0.25, 0.3) is 16.6 Å². The molecule has 0 amide bonds. The molecule has 1 aliphatic heterocycles. The lowest BCUT2D eigenvalue weighted by atomic mass is 10.2. The molecule has 0 saturated carbocycles. The molecule has 25 heavy (non-hydrogen) atoms. The van der Waals surface area contributed by atoms with Crippen LogP contribution in [-0.4, -0.2) is 27.4 Å². The van der Waals surface area contributed by atoms with Crippen LogP contribution in [-0.2, 0) is 9.53 Å². The van der Waals surface area contributed by atoms with Crippen LogP contribution in [0.4, 0.5) is 4.39 Å². The van der Waals surface area contributed by atoms with Gasteiger partial charge in [0.1, 0.15) is 11.1 Å². The van der Waals surface area contributed by atoms with Gasteiger partial charge >= 0.3 is 5.97 Å². The molecule has 4 rings (SSSR count). The largest absolute Gasteiger partial charge is 0.465 e. The Balaban J connectivity index is 1.92. The number of thioether (sulfide) groups is 1. The van der Waals surface area contributed by atoms with Crippen LogP contribution in [0.5, 0.6) is 0 Å². The van der Waals surface area contributed by atoms with E-state index in [0.717, 1.165) is 0 Å². The molecule has 1 saturated heterocycles. The van der Waals surface area contributed by atoms with Gasteiger partial charge in [-0.25, -0.2) is 9.37 Å². The Kier molecular flexibility index (Phi) is 4.01. The maximum atomic E-state index is 13.3. The minimum absolute atomic E-state index is 0.258. The predicted molar refractivity (Wildman–Crippen MR) is 92.5 cm³/mol. The Morgan fingerprint density at radius 2 is 1.88 bits per heavy atom. The van der Waals surface area contributed by atoms with Crippen LogP contribution in [0.1, 0.15) is 6.42 Å². The molecule has 0 unspecified atom stereocenters. The molecule has 5 nitrogen and oxygen atoms in total. The van der Waals surface area contributed by atoms with E-state index in [0.29, 0.717) is 34.8 Å². The van der Waals surface area contributed by atoms with Gasteiger partial charge in [0.2, 0.25) is 0 Å². The number of cyclic esters (lactones) is 1. The van der Waals surface area contributed by atoms with Crippen molar-refractivity contribution in [3.05, 3.63) is 64.7 Å². The Labute approximate surface area is 146 Å². The van der Waals surface area contributed by atoms with Gasteiger partial charge in [-0.2, -0.15) is 0 Å². The van der Waals surface area contributed by atoms with Gasteiger partial charge in [-0.15, -0.1) is 0 Å². The van der Waals surface area contributed by atoms with Crippen molar-refractivity contribution in [1.29, 1.82) is 0 Å². The van der Waals surface area contributed by atoms with E-state index in [1.54, 1.807) is 24.3 Å². The van der Waals surface area contributed by atoms with E-state index >= 15 is 0 Å². The van der Waals surface area contributed by atoms with Gasteiger partial charge in [0.25, 0.3) is 5.56 Å². The summed E-state index contributed by atoms with van der Waals surface area (Å²) in [5, 5.41) is 0.448. The maximum absolute atomic E-state index is 13.3. The molecule has 7 heteroatoms. The minimum Gasteiger partial charge on any atom is -0.465 e. The summed E-state index contributed by atoms with van der Waals surface area (Å²) < 4.78 is 19.7. The molecule has 0 spiro atoms. The number of benzene rings is 2. The highest BCUT2D eigenvalue weighted by atomic mass is 32.2. The van der Waals surface area contributed by atoms with Crippen molar-refractivity contribution in [2.24, 2.45) is 0 Å². The number of para-hydroxylation sites is 1. The maximum Gasteiger partial charge on any atom is 0.319 e. The number of nitrogens with zero attached hydrogens (tertiary/aromatic N) is 2. The van der Waals surface area contributed by atoms with Gasteiger partial charge in [0, 0.05) is 6.42 Å². The lowest BCUT2D eigenvalue weighted by molar-refractivity contribution is -0.137. The first-order valence-electron chi connectivity index (χ1n) is 7.74. The average Bonchev–Trinajstić information content (AvgIpc) is 3.01. The molecule has 1 fully saturated rings. The van der Waals surface area contributed by atoms with Gasteiger partial charge in [-0.3, -0.25) is 14.2 Å². The minimum atomic E-state index is -0.403. The molecule has 2 aromatic carbocycles. The molecule has 126 valence electrons. The second-order valence-electron chi connectivity index (χ2n) is 5.59. The Morgan fingerprint density at radius 1 is 1.12 bits per heavy atom. The Morgan fingerprint density at radius 3 is 2.60 bits per heavy atom. The molecule has 1 aromatic heterocycles. The first kappa shape index (κ1) is 15.8. The third-order valence-electron chi connectivity index (χ3n) is 3.96. The molecule has 3 aromatic rings. The molecule has 1 aliphatic rings. The van der Waals surface area contributed by atoms with Crippen LogP contribution >= 0.6 is 11.8 Å². The van der Waals surface area contributed by atoms with Crippen LogP contribution < -0.4 is 5.56 Å². The molecular weight excluding hydrogens is 343 g/mol. The van der Waals surface area contributed by atoms with Crippen molar-refractivity contribution in [3.63, 3.8) is 0 Å². The second-order valence-corrected chi connectivity index (χ2v) is 6.76. The summed E-state index contributed by atoms with van der Waals surface area (Å²) in [6.45, 7) is 0.366. The fourth-order valence-corrected chi connectivity index (χ4v) is 3.80. The van der Waals surface area contributed by atoms with Crippen molar-refractivity contribution in [1.82, 2.24) is 9.55 Å². The standard InChI is InChI=1S/C18H13FN2O3S/c19-11-5-7-12(8-6-11)21-16(22)13-3-1-2-4-14(13)20-18(21)25-15-9-10-24-17(15)23/h1-8,15H,9-10H2/t15-/m0/s1. The molecular formula is C18H13FN2O3S. The molecule has 0 bridgehead atoms. The fourth-order valence-electron chi connectivity index (χ4n) is 2.72. The van der Waals surface area contributed by atoms with Crippen molar-refractivity contribution in [2.75, 3.05) is 6.61 Å². The van der Waals surface area contributed by atoms with E-state index in [4.69, 9.17) is 4.74 Å². The summed E-state index contributed by atoms with van der Waals surface area (Å²) in [7, 11) is 0. The summed E-state index contributed by atoms with van der Waals surface area (Å²) in [6, 6.07) is 12.6. The monoisotopic (exact) mass is 356 g/mol. The van der Waals surface area contributed by atoms with E-state index in [1.165, 1.54) is 40.6 Å². The summed E-state index contributed by atoms with van der Waals surface area (Å²) >= 11 is 1.20. The number of rotatable bonds is 3. The Bertz CT molecular complexity index is 1020. The summed E-state index contributed by atoms with van der Waals surface area (Å²) in [4.78, 5) is 29.4. The highest BCUT2D eigenvalue weighted by Gasteiger charge is 2.29. The molecule has 0 N–H and O–H groups in total. The third-order valence-corrected chi connectivity index (χ3v) is 5.16. The number of esters is 1. The highest BCUT2D eigenvalue weighted by molar-refractivity contribution is 8.00. The summed E-state index contributed by atoms with van der Waals surface area (Å²) in [5.41, 5.74) is 0.796. The number of aromatic nitrogens is 2. The average molecular weight is 356 g/mol. The first-order valence-corrected chi connectivity index (χ1v) is 8.62. The van der Waals surface area contributed by atoms with E-state index in [2.05, 4.69) is 4.98 Å². The highest BCUT2D eigenvalue weighted by Crippen LogP contribution is 2.30. The van der Waals surface area contributed by atoms with Crippen LogP contribution in [0.3, 0.4) is 0 Å². The number of hydrogen-bond acceptors (Lipinski definition) is 5. The lowest BCUT2D eigenvalue weighted by Gasteiger charge is -2.14. The fraction of sp³-hybridized carbons (Fsp3) is 0.167. The number of halogens is 1. The van der Waals surface area contributed by atoms with Gasteiger partial charge in [-0.05, 0) is 36.4 Å². The second kappa shape index (κ2) is 6.33. The van der Waals surface area contributed by atoms with Crippen molar-refractivity contribution >= 4 is 28.6 Å². The van der Waals surface area contributed by atoms with Gasteiger partial charge in [0.05, 0.1) is 23.2 Å². The number of hydrogen-bond donors (Lipinski definition) is 0. The third kappa shape index (κ3) is 2.91. The smallest absolute Gasteiger partial charge is 0.319 e. The lowest BCUT2D eigenvalue weighted by Crippen LogP contribution is -2.23. The zero-order chi connectivity index (χ0) is 17.4. The quantitative estimate of drug-likeness (QED) is 0.533. The van der Waals surface area contributed by atoms with Crippen LogP contribution in [0.15, 0.2) is 58.5 Å². The number of carbonyl (C=O) groups is 1. The molecule has 2 heterocycles. The van der Waals surface area contributed by atoms with Gasteiger partial charge < -0.3 is 4.74 Å². The molecule has 0 radical (unpaired) electrons. The predicted octanol–water partition coefficient (Wildman–Crippen LogP) is 2.93. The van der Waals surface area contributed by atoms with E-state index in [-0.39, 0.29) is 17.3 Å². The molecule has 1 atom stereocenters.